The van der Waals surface area contributed by atoms with Crippen LogP contribution in [0.2, 0.25) is 0 Å². The number of aryl methyl sites for hydroxylation is 2. The highest BCUT2D eigenvalue weighted by Gasteiger charge is 2.22. The normalized spacial score (nSPS) is 14.1. The van der Waals surface area contributed by atoms with Gasteiger partial charge in [-0.2, -0.15) is 0 Å². The molecule has 0 atom stereocenters. The summed E-state index contributed by atoms with van der Waals surface area (Å²) < 4.78 is 29.2. The number of hydrogen-bond donors (Lipinski definition) is 3. The highest BCUT2D eigenvalue weighted by molar-refractivity contribution is 7.92. The summed E-state index contributed by atoms with van der Waals surface area (Å²) in [6, 6.07) is 16.9. The van der Waals surface area contributed by atoms with Gasteiger partial charge in [-0.1, -0.05) is 49.6 Å². The Hall–Kier alpha value is -3.65. The molecule has 0 aliphatic heterocycles. The summed E-state index contributed by atoms with van der Waals surface area (Å²) in [7, 11) is -3.94. The largest absolute Gasteiger partial charge is 0.349 e. The van der Waals surface area contributed by atoms with E-state index in [2.05, 4.69) is 15.4 Å². The van der Waals surface area contributed by atoms with E-state index < -0.39 is 15.9 Å². The van der Waals surface area contributed by atoms with Crippen LogP contribution in [0.15, 0.2) is 65.6 Å². The Kier molecular flexibility index (Phi) is 7.97. The average molecular weight is 520 g/mol. The fourth-order valence-electron chi connectivity index (χ4n) is 4.59. The molecule has 37 heavy (non-hydrogen) atoms. The Labute approximate surface area is 218 Å². The molecule has 4 rings (SSSR count). The standard InChI is InChI=1S/C29H33N3O4S/c1-19-10-9-15-25(21(19)3)32-37(35,36)27-18-22(17-16-20(27)2)28(33)31-26-14-8-7-13-24(26)29(34)30-23-11-5-4-6-12-23/h7-10,13-18,23,32H,4-6,11-12H2,1-3H3,(H,30,34)(H,31,33). The van der Waals surface area contributed by atoms with Gasteiger partial charge < -0.3 is 10.6 Å². The van der Waals surface area contributed by atoms with Crippen molar-refractivity contribution in [1.29, 1.82) is 0 Å². The first-order valence-corrected chi connectivity index (χ1v) is 14.0. The van der Waals surface area contributed by atoms with E-state index in [9.17, 15) is 18.0 Å². The molecule has 0 aromatic heterocycles. The number of nitrogens with one attached hydrogen (secondary N) is 3. The summed E-state index contributed by atoms with van der Waals surface area (Å²) in [6.07, 6.45) is 5.29. The van der Waals surface area contributed by atoms with Crippen molar-refractivity contribution >= 4 is 33.2 Å². The Morgan fingerprint density at radius 2 is 1.49 bits per heavy atom. The van der Waals surface area contributed by atoms with Crippen molar-refractivity contribution in [3.63, 3.8) is 0 Å². The Bertz CT molecular complexity index is 1430. The van der Waals surface area contributed by atoms with Gasteiger partial charge in [0.05, 0.1) is 21.8 Å². The number of benzene rings is 3. The maximum atomic E-state index is 13.3. The number of rotatable bonds is 7. The first-order valence-electron chi connectivity index (χ1n) is 12.6. The molecule has 2 amide bonds. The SMILES string of the molecule is Cc1ccc(C(=O)Nc2ccccc2C(=O)NC2CCCCC2)cc1S(=O)(=O)Nc1cccc(C)c1C. The number of carbonyl (C=O) groups excluding carboxylic acids is 2. The van der Waals surface area contributed by atoms with Crippen LogP contribution in [-0.4, -0.2) is 26.3 Å². The molecule has 1 fully saturated rings. The molecule has 0 bridgehead atoms. The minimum absolute atomic E-state index is 0.0179. The Morgan fingerprint density at radius 1 is 0.784 bits per heavy atom. The van der Waals surface area contributed by atoms with Crippen LogP contribution in [0.1, 0.15) is 69.5 Å². The van der Waals surface area contributed by atoms with Crippen LogP contribution in [0.4, 0.5) is 11.4 Å². The summed E-state index contributed by atoms with van der Waals surface area (Å²) in [5.41, 5.74) is 3.73. The van der Waals surface area contributed by atoms with Gasteiger partial charge >= 0.3 is 0 Å². The van der Waals surface area contributed by atoms with Crippen LogP contribution in [0.3, 0.4) is 0 Å². The number of anilines is 2. The van der Waals surface area contributed by atoms with Gasteiger partial charge in [-0.25, -0.2) is 8.42 Å². The highest BCUT2D eigenvalue weighted by atomic mass is 32.2. The molecule has 3 aromatic rings. The predicted molar refractivity (Wildman–Crippen MR) is 147 cm³/mol. The van der Waals surface area contributed by atoms with Gasteiger partial charge in [0.15, 0.2) is 0 Å². The van der Waals surface area contributed by atoms with Crippen molar-refractivity contribution in [2.75, 3.05) is 10.0 Å². The second kappa shape index (κ2) is 11.2. The zero-order chi connectivity index (χ0) is 26.6. The van der Waals surface area contributed by atoms with Crippen molar-refractivity contribution in [2.24, 2.45) is 0 Å². The second-order valence-corrected chi connectivity index (χ2v) is 11.3. The lowest BCUT2D eigenvalue weighted by molar-refractivity contribution is 0.0928. The molecule has 194 valence electrons. The van der Waals surface area contributed by atoms with Gasteiger partial charge in [0, 0.05) is 11.6 Å². The molecular formula is C29H33N3O4S. The topological polar surface area (TPSA) is 104 Å². The van der Waals surface area contributed by atoms with Gasteiger partial charge in [0.1, 0.15) is 0 Å². The van der Waals surface area contributed by atoms with Crippen molar-refractivity contribution < 1.29 is 18.0 Å². The first-order chi connectivity index (χ1) is 17.7. The van der Waals surface area contributed by atoms with Gasteiger partial charge in [-0.15, -0.1) is 0 Å². The molecule has 3 N–H and O–H groups in total. The van der Waals surface area contributed by atoms with E-state index in [1.165, 1.54) is 12.5 Å². The van der Waals surface area contributed by atoms with Crippen molar-refractivity contribution in [3.8, 4) is 0 Å². The molecule has 1 saturated carbocycles. The monoisotopic (exact) mass is 519 g/mol. The summed E-state index contributed by atoms with van der Waals surface area (Å²) in [4.78, 5) is 26.1. The van der Waals surface area contributed by atoms with E-state index in [0.29, 0.717) is 22.5 Å². The molecule has 1 aliphatic rings. The van der Waals surface area contributed by atoms with Gasteiger partial charge in [-0.05, 0) is 80.6 Å². The van der Waals surface area contributed by atoms with Gasteiger partial charge in [0.2, 0.25) is 0 Å². The van der Waals surface area contributed by atoms with Crippen LogP contribution in [0.5, 0.6) is 0 Å². The minimum atomic E-state index is -3.94. The van der Waals surface area contributed by atoms with E-state index in [0.717, 1.165) is 36.8 Å². The Morgan fingerprint density at radius 3 is 2.24 bits per heavy atom. The molecular weight excluding hydrogens is 486 g/mol. The highest BCUT2D eigenvalue weighted by Crippen LogP contribution is 2.25. The van der Waals surface area contributed by atoms with Crippen LogP contribution in [0.25, 0.3) is 0 Å². The summed E-state index contributed by atoms with van der Waals surface area (Å²) in [5.74, 6) is -0.728. The van der Waals surface area contributed by atoms with Crippen molar-refractivity contribution in [1.82, 2.24) is 5.32 Å². The molecule has 3 aromatic carbocycles. The number of hydrogen-bond acceptors (Lipinski definition) is 4. The Balaban J connectivity index is 1.55. The maximum absolute atomic E-state index is 13.3. The van der Waals surface area contributed by atoms with Crippen LogP contribution < -0.4 is 15.4 Å². The molecule has 0 saturated heterocycles. The van der Waals surface area contributed by atoms with E-state index in [1.54, 1.807) is 55.5 Å². The average Bonchev–Trinajstić information content (AvgIpc) is 2.87. The molecule has 0 spiro atoms. The van der Waals surface area contributed by atoms with Crippen LogP contribution in [0, 0.1) is 20.8 Å². The zero-order valence-corrected chi connectivity index (χ0v) is 22.2. The maximum Gasteiger partial charge on any atom is 0.262 e. The fraction of sp³-hybridized carbons (Fsp3) is 0.310. The lowest BCUT2D eigenvalue weighted by Gasteiger charge is -2.23. The van der Waals surface area contributed by atoms with Crippen molar-refractivity contribution in [2.45, 2.75) is 63.8 Å². The molecule has 8 heteroatoms. The van der Waals surface area contributed by atoms with Gasteiger partial charge in [0.25, 0.3) is 21.8 Å². The van der Waals surface area contributed by atoms with E-state index in [-0.39, 0.29) is 22.4 Å². The lowest BCUT2D eigenvalue weighted by Crippen LogP contribution is -2.36. The third kappa shape index (κ3) is 6.20. The van der Waals surface area contributed by atoms with E-state index in [1.807, 2.05) is 19.9 Å². The predicted octanol–water partition coefficient (Wildman–Crippen LogP) is 5.73. The number of sulfonamides is 1. The lowest BCUT2D eigenvalue weighted by atomic mass is 9.95. The first kappa shape index (κ1) is 26.4. The minimum Gasteiger partial charge on any atom is -0.349 e. The molecule has 7 nitrogen and oxygen atoms in total. The number of carbonyl (C=O) groups is 2. The smallest absolute Gasteiger partial charge is 0.262 e. The van der Waals surface area contributed by atoms with Crippen LogP contribution in [-0.2, 0) is 10.0 Å². The number of amides is 2. The quantitative estimate of drug-likeness (QED) is 0.371. The molecule has 1 aliphatic carbocycles. The van der Waals surface area contributed by atoms with Crippen molar-refractivity contribution in [3.05, 3.63) is 88.5 Å². The summed E-state index contributed by atoms with van der Waals surface area (Å²) >= 11 is 0. The third-order valence-corrected chi connectivity index (χ3v) is 8.46. The van der Waals surface area contributed by atoms with Crippen LogP contribution >= 0.6 is 0 Å². The molecule has 0 unspecified atom stereocenters. The summed E-state index contributed by atoms with van der Waals surface area (Å²) in [5, 5.41) is 5.87. The van der Waals surface area contributed by atoms with E-state index in [4.69, 9.17) is 0 Å². The second-order valence-electron chi connectivity index (χ2n) is 9.64. The third-order valence-electron chi connectivity index (χ3n) is 6.95. The fourth-order valence-corrected chi connectivity index (χ4v) is 5.98. The summed E-state index contributed by atoms with van der Waals surface area (Å²) in [6.45, 7) is 5.45. The molecule has 0 heterocycles. The zero-order valence-electron chi connectivity index (χ0n) is 21.4. The number of para-hydroxylation sites is 1. The molecule has 0 radical (unpaired) electrons. The van der Waals surface area contributed by atoms with E-state index >= 15 is 0 Å². The van der Waals surface area contributed by atoms with Gasteiger partial charge in [-0.3, -0.25) is 14.3 Å².